The maximum atomic E-state index is 13.2. The predicted molar refractivity (Wildman–Crippen MR) is 73.9 cm³/mol. The lowest BCUT2D eigenvalue weighted by molar-refractivity contribution is -0.387. The molecule has 1 aromatic rings. The van der Waals surface area contributed by atoms with Gasteiger partial charge in [-0.1, -0.05) is 0 Å². The second-order valence-corrected chi connectivity index (χ2v) is 6.62. The Kier molecular flexibility index (Phi) is 4.86. The number of halogens is 1. The van der Waals surface area contributed by atoms with Gasteiger partial charge in [0, 0.05) is 18.7 Å². The number of nitrogens with zero attached hydrogens (tertiary/aromatic N) is 1. The summed E-state index contributed by atoms with van der Waals surface area (Å²) < 4.78 is 39.6. The van der Waals surface area contributed by atoms with Gasteiger partial charge in [-0.05, 0) is 37.9 Å². The van der Waals surface area contributed by atoms with Gasteiger partial charge in [0.25, 0.3) is 0 Å². The van der Waals surface area contributed by atoms with E-state index >= 15 is 0 Å². The van der Waals surface area contributed by atoms with Gasteiger partial charge in [0.1, 0.15) is 0 Å². The van der Waals surface area contributed by atoms with E-state index < -0.39 is 26.5 Å². The van der Waals surface area contributed by atoms with Crippen molar-refractivity contribution < 1.29 is 17.7 Å². The number of nitro groups is 1. The van der Waals surface area contributed by atoms with Crippen molar-refractivity contribution in [3.63, 3.8) is 0 Å². The molecule has 9 heteroatoms. The molecule has 1 aromatic carbocycles. The van der Waals surface area contributed by atoms with Crippen LogP contribution in [0.25, 0.3) is 0 Å². The number of benzene rings is 1. The lowest BCUT2D eigenvalue weighted by Gasteiger charge is -2.11. The van der Waals surface area contributed by atoms with E-state index in [1.807, 2.05) is 0 Å². The third kappa shape index (κ3) is 3.96. The van der Waals surface area contributed by atoms with Crippen LogP contribution in [0.3, 0.4) is 0 Å². The van der Waals surface area contributed by atoms with Gasteiger partial charge in [0.15, 0.2) is 0 Å². The van der Waals surface area contributed by atoms with Crippen molar-refractivity contribution in [2.45, 2.75) is 30.2 Å². The van der Waals surface area contributed by atoms with Gasteiger partial charge in [0.05, 0.1) is 9.82 Å². The minimum atomic E-state index is -3.87. The molecule has 1 fully saturated rings. The second-order valence-electron chi connectivity index (χ2n) is 4.85. The van der Waals surface area contributed by atoms with Crippen LogP contribution in [0.1, 0.15) is 19.3 Å². The fourth-order valence-electron chi connectivity index (χ4n) is 2.25. The highest BCUT2D eigenvalue weighted by molar-refractivity contribution is 7.89. The first-order valence-electron chi connectivity index (χ1n) is 6.57. The zero-order valence-electron chi connectivity index (χ0n) is 11.2. The topological polar surface area (TPSA) is 101 Å². The molecule has 1 atom stereocenters. The van der Waals surface area contributed by atoms with Gasteiger partial charge >= 0.3 is 5.69 Å². The van der Waals surface area contributed by atoms with E-state index in [4.69, 9.17) is 0 Å². The molecule has 0 saturated carbocycles. The largest absolute Gasteiger partial charge is 0.314 e. The fourth-order valence-corrected chi connectivity index (χ4v) is 3.32. The average molecular weight is 317 g/mol. The van der Waals surface area contributed by atoms with Gasteiger partial charge in [-0.15, -0.1) is 0 Å². The Bertz CT molecular complexity index is 629. The van der Waals surface area contributed by atoms with Crippen molar-refractivity contribution in [1.29, 1.82) is 0 Å². The molecule has 0 aliphatic carbocycles. The molecular weight excluding hydrogens is 301 g/mol. The Morgan fingerprint density at radius 1 is 1.48 bits per heavy atom. The highest BCUT2D eigenvalue weighted by atomic mass is 32.2. The van der Waals surface area contributed by atoms with Gasteiger partial charge in [-0.2, -0.15) is 4.39 Å². The van der Waals surface area contributed by atoms with E-state index in [0.29, 0.717) is 6.42 Å². The van der Waals surface area contributed by atoms with Gasteiger partial charge in [0.2, 0.25) is 15.8 Å². The molecule has 0 spiro atoms. The maximum absolute atomic E-state index is 13.2. The number of sulfonamides is 1. The Morgan fingerprint density at radius 2 is 2.24 bits per heavy atom. The highest BCUT2D eigenvalue weighted by Gasteiger charge is 2.22. The second kappa shape index (κ2) is 6.46. The molecule has 1 heterocycles. The van der Waals surface area contributed by atoms with Crippen molar-refractivity contribution >= 4 is 15.7 Å². The number of hydrogen-bond acceptors (Lipinski definition) is 5. The van der Waals surface area contributed by atoms with E-state index in [2.05, 4.69) is 10.0 Å². The number of hydrogen-bond donors (Lipinski definition) is 2. The van der Waals surface area contributed by atoms with Crippen molar-refractivity contribution in [3.05, 3.63) is 34.1 Å². The first-order valence-corrected chi connectivity index (χ1v) is 8.05. The molecule has 116 valence electrons. The lowest BCUT2D eigenvalue weighted by Crippen LogP contribution is -2.30. The summed E-state index contributed by atoms with van der Waals surface area (Å²) in [4.78, 5) is 9.37. The summed E-state index contributed by atoms with van der Waals surface area (Å²) >= 11 is 0. The minimum absolute atomic E-state index is 0.227. The van der Waals surface area contributed by atoms with E-state index in [9.17, 15) is 22.9 Å². The van der Waals surface area contributed by atoms with Crippen LogP contribution in [0, 0.1) is 15.9 Å². The van der Waals surface area contributed by atoms with Crippen LogP contribution in [0.2, 0.25) is 0 Å². The SMILES string of the molecule is O=[N+]([O-])c1cc(S(=O)(=O)NCC[C@H]2CCCN2)ccc1F. The standard InChI is InChI=1S/C12H16FN3O4S/c13-11-4-3-10(8-12(11)16(17)18)21(19,20)15-7-5-9-2-1-6-14-9/h3-4,8-9,14-15H,1-2,5-7H2/t9-/m1/s1. The molecule has 7 nitrogen and oxygen atoms in total. The molecule has 0 unspecified atom stereocenters. The average Bonchev–Trinajstić information content (AvgIpc) is 2.91. The molecule has 21 heavy (non-hydrogen) atoms. The molecule has 1 saturated heterocycles. The van der Waals surface area contributed by atoms with Crippen molar-refractivity contribution in [3.8, 4) is 0 Å². The zero-order valence-corrected chi connectivity index (χ0v) is 12.0. The summed E-state index contributed by atoms with van der Waals surface area (Å²) in [5.74, 6) is -1.06. The van der Waals surface area contributed by atoms with Crippen LogP contribution in [-0.4, -0.2) is 32.5 Å². The Labute approximate surface area is 121 Å². The van der Waals surface area contributed by atoms with E-state index in [-0.39, 0.29) is 17.5 Å². The third-order valence-corrected chi connectivity index (χ3v) is 4.83. The molecule has 0 aromatic heterocycles. The predicted octanol–water partition coefficient (Wildman–Crippen LogP) is 1.15. The normalized spacial score (nSPS) is 18.8. The maximum Gasteiger partial charge on any atom is 0.306 e. The van der Waals surface area contributed by atoms with Crippen LogP contribution in [0.15, 0.2) is 23.1 Å². The molecule has 2 N–H and O–H groups in total. The third-order valence-electron chi connectivity index (χ3n) is 3.37. The smallest absolute Gasteiger partial charge is 0.306 e. The summed E-state index contributed by atoms with van der Waals surface area (Å²) in [7, 11) is -3.87. The first-order chi connectivity index (χ1) is 9.90. The molecule has 0 bridgehead atoms. The zero-order chi connectivity index (χ0) is 15.5. The molecule has 0 radical (unpaired) electrons. The Hall–Kier alpha value is -1.58. The molecule has 2 rings (SSSR count). The molecule has 1 aliphatic rings. The first kappa shape index (κ1) is 15.8. The van der Waals surface area contributed by atoms with Crippen LogP contribution >= 0.6 is 0 Å². The summed E-state index contributed by atoms with van der Waals surface area (Å²) in [6, 6.07) is 2.81. The number of nitro benzene ring substituents is 1. The number of rotatable bonds is 6. The van der Waals surface area contributed by atoms with E-state index in [1.165, 1.54) is 0 Å². The summed E-state index contributed by atoms with van der Waals surface area (Å²) in [6.45, 7) is 1.16. The lowest BCUT2D eigenvalue weighted by atomic mass is 10.2. The van der Waals surface area contributed by atoms with Crippen LogP contribution < -0.4 is 10.0 Å². The minimum Gasteiger partial charge on any atom is -0.314 e. The van der Waals surface area contributed by atoms with Crippen molar-refractivity contribution in [1.82, 2.24) is 10.0 Å². The van der Waals surface area contributed by atoms with Crippen LogP contribution in [-0.2, 0) is 10.0 Å². The quantitative estimate of drug-likeness (QED) is 0.605. The van der Waals surface area contributed by atoms with Gasteiger partial charge < -0.3 is 5.32 Å². The Morgan fingerprint density at radius 3 is 2.86 bits per heavy atom. The van der Waals surface area contributed by atoms with Gasteiger partial charge in [-0.3, -0.25) is 10.1 Å². The van der Waals surface area contributed by atoms with E-state index in [0.717, 1.165) is 37.6 Å². The monoisotopic (exact) mass is 317 g/mol. The summed E-state index contributed by atoms with van der Waals surface area (Å²) in [6.07, 6.45) is 2.72. The van der Waals surface area contributed by atoms with Crippen molar-refractivity contribution in [2.75, 3.05) is 13.1 Å². The number of nitrogens with one attached hydrogen (secondary N) is 2. The van der Waals surface area contributed by atoms with E-state index in [1.54, 1.807) is 0 Å². The molecule has 1 aliphatic heterocycles. The van der Waals surface area contributed by atoms with Crippen LogP contribution in [0.5, 0.6) is 0 Å². The highest BCUT2D eigenvalue weighted by Crippen LogP contribution is 2.21. The van der Waals surface area contributed by atoms with Crippen LogP contribution in [0.4, 0.5) is 10.1 Å². The van der Waals surface area contributed by atoms with Crippen molar-refractivity contribution in [2.24, 2.45) is 0 Å². The fraction of sp³-hybridized carbons (Fsp3) is 0.500. The summed E-state index contributed by atoms with van der Waals surface area (Å²) in [5.41, 5.74) is -0.852. The molecular formula is C12H16FN3O4S. The Balaban J connectivity index is 2.04. The van der Waals surface area contributed by atoms with Gasteiger partial charge in [-0.25, -0.2) is 13.1 Å². The molecule has 0 amide bonds. The summed E-state index contributed by atoms with van der Waals surface area (Å²) in [5, 5.41) is 13.9.